The second-order valence-corrected chi connectivity index (χ2v) is 20.2. The van der Waals surface area contributed by atoms with Crippen LogP contribution in [0.4, 0.5) is 0 Å². The van der Waals surface area contributed by atoms with Gasteiger partial charge in [0.1, 0.15) is 24.7 Å². The molecule has 2 atom stereocenters. The van der Waals surface area contributed by atoms with Gasteiger partial charge in [0.05, 0.1) is 13.2 Å². The van der Waals surface area contributed by atoms with Gasteiger partial charge in [-0.3, -0.25) is 0 Å². The van der Waals surface area contributed by atoms with Gasteiger partial charge >= 0.3 is 11.9 Å². The molecule has 0 fully saturated rings. The third kappa shape index (κ3) is 28.2. The summed E-state index contributed by atoms with van der Waals surface area (Å²) in [7, 11) is 0. The zero-order valence-electron chi connectivity index (χ0n) is 45.4. The predicted molar refractivity (Wildman–Crippen MR) is 298 cm³/mol. The second-order valence-electron chi connectivity index (χ2n) is 20.2. The first-order valence-electron chi connectivity index (χ1n) is 28.9. The first-order chi connectivity index (χ1) is 34.9. The van der Waals surface area contributed by atoms with Gasteiger partial charge in [-0.05, 0) is 25.8 Å². The smallest absolute Gasteiger partial charge is 0.330 e. The Morgan fingerprint density at radius 1 is 0.423 bits per heavy atom. The summed E-state index contributed by atoms with van der Waals surface area (Å²) in [5.41, 5.74) is 1.06. The molecular weight excluding hydrogens is 885 g/mol. The Bertz CT molecular complexity index is 1840. The minimum Gasteiger partial charge on any atom is -0.488 e. The van der Waals surface area contributed by atoms with Crippen LogP contribution in [0.1, 0.15) is 225 Å². The van der Waals surface area contributed by atoms with Crippen LogP contribution in [0.3, 0.4) is 0 Å². The third-order valence-corrected chi connectivity index (χ3v) is 13.7. The van der Waals surface area contributed by atoms with Crippen LogP contribution < -0.4 is 9.47 Å². The average molecular weight is 985 g/mol. The van der Waals surface area contributed by atoms with Crippen LogP contribution in [0.25, 0.3) is 21.5 Å². The lowest BCUT2D eigenvalue weighted by Gasteiger charge is -2.23. The SMILES string of the molecule is C=CC(=O)OC(COCCCCCCCCCCCCCCCCCC)COc1c2ccccc2c(OCC(COCCCCCCCCCCCCCCCCCC)OC(=O)C=C)c2cc(C)ccc12. The Morgan fingerprint density at radius 3 is 1.07 bits per heavy atom. The van der Waals surface area contributed by atoms with E-state index < -0.39 is 24.1 Å². The van der Waals surface area contributed by atoms with Gasteiger partial charge in [0.15, 0.2) is 12.2 Å². The van der Waals surface area contributed by atoms with Crippen molar-refractivity contribution < 1.29 is 38.0 Å². The highest BCUT2D eigenvalue weighted by molar-refractivity contribution is 6.11. The Balaban J connectivity index is 1.46. The van der Waals surface area contributed by atoms with Crippen LogP contribution in [-0.2, 0) is 28.5 Å². The topological polar surface area (TPSA) is 89.5 Å². The van der Waals surface area contributed by atoms with Crippen molar-refractivity contribution in [2.75, 3.05) is 39.6 Å². The van der Waals surface area contributed by atoms with Crippen LogP contribution >= 0.6 is 0 Å². The maximum Gasteiger partial charge on any atom is 0.330 e. The zero-order chi connectivity index (χ0) is 50.8. The van der Waals surface area contributed by atoms with Gasteiger partial charge < -0.3 is 28.4 Å². The minimum atomic E-state index is -0.629. The van der Waals surface area contributed by atoms with Gasteiger partial charge in [-0.1, -0.05) is 262 Å². The summed E-state index contributed by atoms with van der Waals surface area (Å²) in [6, 6.07) is 14.1. The summed E-state index contributed by atoms with van der Waals surface area (Å²) >= 11 is 0. The van der Waals surface area contributed by atoms with E-state index in [0.29, 0.717) is 24.7 Å². The van der Waals surface area contributed by atoms with E-state index in [1.165, 1.54) is 192 Å². The Hall–Kier alpha value is -3.88. The molecular formula is C63H100O8. The molecule has 8 nitrogen and oxygen atoms in total. The lowest BCUT2D eigenvalue weighted by atomic mass is 9.99. The number of benzene rings is 3. The van der Waals surface area contributed by atoms with E-state index in [0.717, 1.165) is 52.8 Å². The molecule has 3 aromatic rings. The third-order valence-electron chi connectivity index (χ3n) is 13.7. The van der Waals surface area contributed by atoms with Gasteiger partial charge in [0.25, 0.3) is 0 Å². The molecule has 0 N–H and O–H groups in total. The molecule has 0 saturated heterocycles. The van der Waals surface area contributed by atoms with Gasteiger partial charge in [0, 0.05) is 46.9 Å². The van der Waals surface area contributed by atoms with Crippen molar-refractivity contribution in [3.63, 3.8) is 0 Å². The van der Waals surface area contributed by atoms with Gasteiger partial charge in [-0.15, -0.1) is 0 Å². The molecule has 8 heteroatoms. The number of carbonyl (C=O) groups excluding carboxylic acids is 2. The highest BCUT2D eigenvalue weighted by Crippen LogP contribution is 2.43. The lowest BCUT2D eigenvalue weighted by molar-refractivity contribution is -0.148. The van der Waals surface area contributed by atoms with Crippen molar-refractivity contribution in [1.82, 2.24) is 0 Å². The van der Waals surface area contributed by atoms with Crippen LogP contribution in [0, 0.1) is 6.92 Å². The first kappa shape index (κ1) is 61.4. The normalized spacial score (nSPS) is 12.3. The summed E-state index contributed by atoms with van der Waals surface area (Å²) in [6.07, 6.45) is 43.3. The molecule has 0 spiro atoms. The zero-order valence-corrected chi connectivity index (χ0v) is 45.4. The summed E-state index contributed by atoms with van der Waals surface area (Å²) in [5, 5.41) is 3.41. The number of hydrogen-bond acceptors (Lipinski definition) is 8. The molecule has 0 radical (unpaired) electrons. The fourth-order valence-corrected chi connectivity index (χ4v) is 9.47. The molecule has 0 heterocycles. The van der Waals surface area contributed by atoms with Gasteiger partial charge in [-0.25, -0.2) is 9.59 Å². The monoisotopic (exact) mass is 985 g/mol. The maximum absolute atomic E-state index is 12.5. The molecule has 0 saturated carbocycles. The molecule has 0 aliphatic rings. The number of ether oxygens (including phenoxy) is 6. The molecule has 0 aromatic heterocycles. The molecule has 3 aromatic carbocycles. The first-order valence-corrected chi connectivity index (χ1v) is 28.9. The second kappa shape index (κ2) is 41.6. The molecule has 71 heavy (non-hydrogen) atoms. The van der Waals surface area contributed by atoms with E-state index in [2.05, 4.69) is 33.1 Å². The van der Waals surface area contributed by atoms with E-state index >= 15 is 0 Å². The van der Waals surface area contributed by atoms with Crippen LogP contribution in [0.2, 0.25) is 0 Å². The Morgan fingerprint density at radius 2 is 0.732 bits per heavy atom. The highest BCUT2D eigenvalue weighted by Gasteiger charge is 2.22. The molecule has 0 bridgehead atoms. The fraction of sp³-hybridized carbons (Fsp3) is 0.683. The summed E-state index contributed by atoms with van der Waals surface area (Å²) in [5.74, 6) is 0.303. The van der Waals surface area contributed by atoms with E-state index in [-0.39, 0.29) is 26.4 Å². The van der Waals surface area contributed by atoms with E-state index in [4.69, 9.17) is 28.4 Å². The molecule has 2 unspecified atom stereocenters. The maximum atomic E-state index is 12.5. The summed E-state index contributed by atoms with van der Waals surface area (Å²) in [4.78, 5) is 24.9. The van der Waals surface area contributed by atoms with Gasteiger partial charge in [0.2, 0.25) is 0 Å². The van der Waals surface area contributed by atoms with E-state index in [9.17, 15) is 9.59 Å². The predicted octanol–water partition coefficient (Wildman–Crippen LogP) is 17.8. The quantitative estimate of drug-likeness (QED) is 0.0239. The molecule has 0 aliphatic heterocycles. The van der Waals surface area contributed by atoms with E-state index in [1.54, 1.807) is 0 Å². The van der Waals surface area contributed by atoms with Crippen LogP contribution in [0.5, 0.6) is 11.5 Å². The number of rotatable bonds is 48. The van der Waals surface area contributed by atoms with Crippen molar-refractivity contribution in [3.05, 3.63) is 73.3 Å². The van der Waals surface area contributed by atoms with Crippen molar-refractivity contribution in [2.24, 2.45) is 0 Å². The number of hydrogen-bond donors (Lipinski definition) is 0. The molecule has 400 valence electrons. The Kier molecular flexibility index (Phi) is 36.0. The van der Waals surface area contributed by atoms with Crippen LogP contribution in [-0.4, -0.2) is 63.8 Å². The van der Waals surface area contributed by atoms with Crippen molar-refractivity contribution in [3.8, 4) is 11.5 Å². The van der Waals surface area contributed by atoms with E-state index in [1.807, 2.05) is 43.3 Å². The minimum absolute atomic E-state index is 0.0992. The molecule has 0 amide bonds. The summed E-state index contributed by atoms with van der Waals surface area (Å²) < 4.78 is 36.9. The number of unbranched alkanes of at least 4 members (excludes halogenated alkanes) is 30. The molecule has 3 rings (SSSR count). The van der Waals surface area contributed by atoms with Gasteiger partial charge in [-0.2, -0.15) is 0 Å². The van der Waals surface area contributed by atoms with Crippen molar-refractivity contribution >= 4 is 33.5 Å². The number of fused-ring (bicyclic) bond motifs is 2. The fourth-order valence-electron chi connectivity index (χ4n) is 9.47. The number of esters is 2. The number of carbonyl (C=O) groups is 2. The Labute approximate surface area is 432 Å². The standard InChI is InChI=1S/C63H100O8/c1-6-10-12-14-16-18-20-22-24-26-28-30-32-34-36-40-46-66-49-54(70-60(64)8-3)51-68-62-56-42-38-39-43-57(56)63(59-48-53(5)44-45-58(59)62)69-52-55(71-61(65)9-4)50-67-47-41-37-35-33-31-29-27-25-23-21-19-17-15-13-11-7-2/h8-9,38-39,42-45,48,54-55H,3-4,6-7,10-37,40-41,46-47,49-52H2,1-2,5H3. The lowest BCUT2D eigenvalue weighted by Crippen LogP contribution is -2.30. The largest absolute Gasteiger partial charge is 0.488 e. The highest BCUT2D eigenvalue weighted by atomic mass is 16.6. The average Bonchev–Trinajstić information content (AvgIpc) is 3.38. The summed E-state index contributed by atoms with van der Waals surface area (Å²) in [6.45, 7) is 15.7. The van der Waals surface area contributed by atoms with Crippen LogP contribution in [0.15, 0.2) is 67.8 Å². The van der Waals surface area contributed by atoms with Crippen molar-refractivity contribution in [2.45, 2.75) is 238 Å². The van der Waals surface area contributed by atoms with Crippen molar-refractivity contribution in [1.29, 1.82) is 0 Å². The molecule has 0 aliphatic carbocycles. The number of aryl methyl sites for hydroxylation is 1.